The number of rotatable bonds is 6. The normalized spacial score (nSPS) is 11.9. The molecule has 0 radical (unpaired) electrons. The summed E-state index contributed by atoms with van der Waals surface area (Å²) >= 11 is 0. The lowest BCUT2D eigenvalue weighted by molar-refractivity contribution is 0.345. The van der Waals surface area contributed by atoms with Crippen LogP contribution in [0.15, 0.2) is 95.1 Å². The third kappa shape index (κ3) is 4.50. The lowest BCUT2D eigenvalue weighted by Crippen LogP contribution is -2.19. The van der Waals surface area contributed by atoms with Crippen LogP contribution >= 0.6 is 7.28 Å². The summed E-state index contributed by atoms with van der Waals surface area (Å²) < 4.78 is 35.0. The van der Waals surface area contributed by atoms with Gasteiger partial charge in [-0.15, -0.1) is 4.15 Å². The highest BCUT2D eigenvalue weighted by atomic mass is 32.2. The third-order valence-corrected chi connectivity index (χ3v) is 8.34. The molecule has 0 saturated carbocycles. The average molecular weight is 385 g/mol. The Balaban J connectivity index is 2.20. The molecule has 0 aliphatic carbocycles. The van der Waals surface area contributed by atoms with Gasteiger partial charge >= 0.3 is 0 Å². The lowest BCUT2D eigenvalue weighted by atomic mass is 10.2. The number of sulfonamides is 1. The Morgan fingerprint density at radius 2 is 1.19 bits per heavy atom. The van der Waals surface area contributed by atoms with E-state index in [4.69, 9.17) is 4.52 Å². The molecular formula is C20H20NO3PS. The fraction of sp³-hybridized carbons (Fsp3) is 0.100. The van der Waals surface area contributed by atoms with Gasteiger partial charge in [0.05, 0.1) is 12.9 Å². The van der Waals surface area contributed by atoms with E-state index in [1.807, 2.05) is 91.0 Å². The van der Waals surface area contributed by atoms with Gasteiger partial charge < -0.3 is 4.52 Å². The Kier molecular flexibility index (Phi) is 5.72. The predicted molar refractivity (Wildman–Crippen MR) is 108 cm³/mol. The van der Waals surface area contributed by atoms with E-state index < -0.39 is 17.3 Å². The number of hydrogen-bond donors (Lipinski definition) is 0. The Hall–Kier alpha value is -2.20. The van der Waals surface area contributed by atoms with Crippen LogP contribution in [-0.2, 0) is 21.2 Å². The molecular weight excluding hydrogens is 365 g/mol. The van der Waals surface area contributed by atoms with Crippen molar-refractivity contribution >= 4 is 27.9 Å². The topological polar surface area (TPSA) is 55.7 Å². The largest absolute Gasteiger partial charge is 0.331 e. The van der Waals surface area contributed by atoms with Crippen molar-refractivity contribution in [2.24, 2.45) is 4.15 Å². The molecule has 134 valence electrons. The van der Waals surface area contributed by atoms with E-state index in [9.17, 15) is 8.42 Å². The van der Waals surface area contributed by atoms with Crippen molar-refractivity contribution in [2.45, 2.75) is 6.61 Å². The summed E-state index contributed by atoms with van der Waals surface area (Å²) in [6.45, 7) is 0.275. The van der Waals surface area contributed by atoms with E-state index in [2.05, 4.69) is 4.15 Å². The molecule has 0 bridgehead atoms. The smallest absolute Gasteiger partial charge is 0.251 e. The van der Waals surface area contributed by atoms with Gasteiger partial charge in [-0.25, -0.2) is 8.42 Å². The second kappa shape index (κ2) is 8.00. The van der Waals surface area contributed by atoms with Crippen molar-refractivity contribution in [3.05, 3.63) is 96.6 Å². The first-order chi connectivity index (χ1) is 12.5. The molecule has 0 aliphatic rings. The van der Waals surface area contributed by atoms with Crippen LogP contribution in [0.2, 0.25) is 0 Å². The molecule has 3 aromatic carbocycles. The summed E-state index contributed by atoms with van der Waals surface area (Å²) in [4.78, 5) is 0. The molecule has 0 saturated heterocycles. The highest BCUT2D eigenvalue weighted by Crippen LogP contribution is 2.50. The van der Waals surface area contributed by atoms with Gasteiger partial charge in [-0.05, 0) is 5.56 Å². The minimum atomic E-state index is -3.63. The molecule has 3 rings (SSSR count). The third-order valence-electron chi connectivity index (χ3n) is 3.74. The second-order valence-corrected chi connectivity index (χ2v) is 10.4. The van der Waals surface area contributed by atoms with Gasteiger partial charge in [-0.1, -0.05) is 91.0 Å². The summed E-state index contributed by atoms with van der Waals surface area (Å²) in [5, 5.41) is 1.54. The maximum atomic E-state index is 12.2. The molecule has 3 aromatic rings. The number of nitrogens with zero attached hydrogens (tertiary/aromatic N) is 1. The first-order valence-corrected chi connectivity index (χ1v) is 11.6. The van der Waals surface area contributed by atoms with Crippen LogP contribution in [-0.4, -0.2) is 14.7 Å². The SMILES string of the molecule is CS(=O)(=O)N=P(OCc1ccccc1)(c1ccccc1)c1ccccc1. The summed E-state index contributed by atoms with van der Waals surface area (Å²) in [5.41, 5.74) is 0.965. The van der Waals surface area contributed by atoms with E-state index >= 15 is 0 Å². The van der Waals surface area contributed by atoms with Gasteiger partial charge in [-0.2, -0.15) is 0 Å². The minimum Gasteiger partial charge on any atom is -0.331 e. The summed E-state index contributed by atoms with van der Waals surface area (Å²) in [6.07, 6.45) is 1.11. The summed E-state index contributed by atoms with van der Waals surface area (Å²) in [6, 6.07) is 28.5. The van der Waals surface area contributed by atoms with Gasteiger partial charge in [-0.3, -0.25) is 0 Å². The van der Waals surface area contributed by atoms with Crippen molar-refractivity contribution < 1.29 is 12.9 Å². The molecule has 0 fully saturated rings. The van der Waals surface area contributed by atoms with Crippen molar-refractivity contribution in [2.75, 3.05) is 6.26 Å². The van der Waals surface area contributed by atoms with Crippen molar-refractivity contribution in [3.63, 3.8) is 0 Å². The van der Waals surface area contributed by atoms with E-state index in [0.29, 0.717) is 0 Å². The Bertz CT molecular complexity index is 961. The zero-order valence-electron chi connectivity index (χ0n) is 14.4. The van der Waals surface area contributed by atoms with Crippen LogP contribution in [0, 0.1) is 0 Å². The van der Waals surface area contributed by atoms with Gasteiger partial charge in [0.1, 0.15) is 0 Å². The van der Waals surface area contributed by atoms with Gasteiger partial charge in [0.2, 0.25) is 0 Å². The number of benzene rings is 3. The first kappa shape index (κ1) is 18.6. The standard InChI is InChI=1S/C20H20NO3PS/c1-26(22,23)21-25(19-13-7-3-8-14-19,20-15-9-4-10-16-20)24-17-18-11-5-2-6-12-18/h2-16H,17H2,1H3. The van der Waals surface area contributed by atoms with E-state index in [-0.39, 0.29) is 6.61 Å². The molecule has 0 aliphatic heterocycles. The molecule has 0 N–H and O–H groups in total. The zero-order valence-corrected chi connectivity index (χ0v) is 16.1. The average Bonchev–Trinajstić information content (AvgIpc) is 2.66. The fourth-order valence-corrected chi connectivity index (χ4v) is 7.33. The molecule has 0 heterocycles. The Morgan fingerprint density at radius 1 is 0.769 bits per heavy atom. The predicted octanol–water partition coefficient (Wildman–Crippen LogP) is 3.93. The van der Waals surface area contributed by atoms with Crippen LogP contribution in [0.4, 0.5) is 0 Å². The summed E-state index contributed by atoms with van der Waals surface area (Å²) in [5.74, 6) is 0. The van der Waals surface area contributed by atoms with Crippen LogP contribution in [0.1, 0.15) is 5.56 Å². The van der Waals surface area contributed by atoms with Crippen molar-refractivity contribution in [1.29, 1.82) is 0 Å². The maximum absolute atomic E-state index is 12.2. The highest BCUT2D eigenvalue weighted by molar-refractivity contribution is 7.95. The minimum absolute atomic E-state index is 0.275. The van der Waals surface area contributed by atoms with Crippen LogP contribution in [0.5, 0.6) is 0 Å². The molecule has 6 heteroatoms. The quantitative estimate of drug-likeness (QED) is 0.604. The molecule has 26 heavy (non-hydrogen) atoms. The highest BCUT2D eigenvalue weighted by Gasteiger charge is 2.28. The molecule has 0 spiro atoms. The first-order valence-electron chi connectivity index (χ1n) is 8.13. The van der Waals surface area contributed by atoms with Crippen LogP contribution in [0.25, 0.3) is 0 Å². The zero-order chi connectivity index (χ0) is 18.5. The van der Waals surface area contributed by atoms with Gasteiger partial charge in [0.25, 0.3) is 10.0 Å². The molecule has 0 aromatic heterocycles. The van der Waals surface area contributed by atoms with E-state index in [0.717, 1.165) is 22.4 Å². The molecule has 0 unspecified atom stereocenters. The monoisotopic (exact) mass is 385 g/mol. The van der Waals surface area contributed by atoms with Crippen LogP contribution < -0.4 is 10.6 Å². The number of hydrogen-bond acceptors (Lipinski definition) is 3. The van der Waals surface area contributed by atoms with E-state index in [1.165, 1.54) is 0 Å². The van der Waals surface area contributed by atoms with Crippen molar-refractivity contribution in [1.82, 2.24) is 0 Å². The molecule has 4 nitrogen and oxygen atoms in total. The lowest BCUT2D eigenvalue weighted by Gasteiger charge is -2.25. The maximum Gasteiger partial charge on any atom is 0.251 e. The second-order valence-electron chi connectivity index (χ2n) is 5.82. The Morgan fingerprint density at radius 3 is 1.62 bits per heavy atom. The fourth-order valence-electron chi connectivity index (χ4n) is 2.63. The molecule has 0 atom stereocenters. The van der Waals surface area contributed by atoms with Crippen molar-refractivity contribution in [3.8, 4) is 0 Å². The van der Waals surface area contributed by atoms with Gasteiger partial charge in [0.15, 0.2) is 7.28 Å². The van der Waals surface area contributed by atoms with Crippen LogP contribution in [0.3, 0.4) is 0 Å². The Labute approximate surface area is 154 Å². The molecule has 0 amide bonds. The summed E-state index contributed by atoms with van der Waals surface area (Å²) in [7, 11) is -6.58. The van der Waals surface area contributed by atoms with E-state index in [1.54, 1.807) is 0 Å². The van der Waals surface area contributed by atoms with Gasteiger partial charge in [0, 0.05) is 10.6 Å².